The lowest BCUT2D eigenvalue weighted by molar-refractivity contribution is -0.143. The summed E-state index contributed by atoms with van der Waals surface area (Å²) in [4.78, 5) is 17.6. The van der Waals surface area contributed by atoms with E-state index in [4.69, 9.17) is 23.2 Å². The van der Waals surface area contributed by atoms with Gasteiger partial charge in [-0.15, -0.1) is 0 Å². The Morgan fingerprint density at radius 2 is 1.76 bits per heavy atom. The van der Waals surface area contributed by atoms with E-state index in [9.17, 15) is 4.79 Å². The Morgan fingerprint density at radius 1 is 1.08 bits per heavy atom. The molecule has 0 unspecified atom stereocenters. The molecule has 25 heavy (non-hydrogen) atoms. The number of piperazine rings is 1. The molecule has 7 heteroatoms. The van der Waals surface area contributed by atoms with Crippen molar-refractivity contribution in [2.24, 2.45) is 11.3 Å². The second-order valence-corrected chi connectivity index (χ2v) is 8.25. The monoisotopic (exact) mass is 382 g/mol. The van der Waals surface area contributed by atoms with Crippen LogP contribution >= 0.6 is 23.2 Å². The molecule has 3 aliphatic rings. The van der Waals surface area contributed by atoms with Crippen LogP contribution in [0.1, 0.15) is 5.56 Å². The molecule has 0 aliphatic carbocycles. The number of hydrogen-bond acceptors (Lipinski definition) is 4. The van der Waals surface area contributed by atoms with Gasteiger partial charge in [-0.25, -0.2) is 0 Å². The smallest absolute Gasteiger partial charge is 0.231 e. The molecule has 2 N–H and O–H groups in total. The number of rotatable bonds is 3. The van der Waals surface area contributed by atoms with Crippen LogP contribution in [0, 0.1) is 11.3 Å². The van der Waals surface area contributed by atoms with E-state index in [0.29, 0.717) is 21.9 Å². The molecule has 0 saturated carbocycles. The van der Waals surface area contributed by atoms with E-state index in [1.165, 1.54) is 0 Å². The van der Waals surface area contributed by atoms with Crippen LogP contribution in [0.25, 0.3) is 0 Å². The highest BCUT2D eigenvalue weighted by Gasteiger charge is 2.53. The second kappa shape index (κ2) is 7.05. The lowest BCUT2D eigenvalue weighted by Gasteiger charge is -2.39. The van der Waals surface area contributed by atoms with Crippen molar-refractivity contribution in [2.45, 2.75) is 6.54 Å². The van der Waals surface area contributed by atoms with E-state index < -0.39 is 0 Å². The zero-order chi connectivity index (χ0) is 17.4. The predicted octanol–water partition coefficient (Wildman–Crippen LogP) is 1.45. The third-order valence-electron chi connectivity index (χ3n) is 5.92. The van der Waals surface area contributed by atoms with Gasteiger partial charge in [-0.1, -0.05) is 29.3 Å². The summed E-state index contributed by atoms with van der Waals surface area (Å²) in [6.45, 7) is 7.77. The number of fused-ring (bicyclic) bond motifs is 1. The maximum Gasteiger partial charge on any atom is 0.231 e. The Labute approximate surface area is 158 Å². The largest absolute Gasteiger partial charge is 0.340 e. The number of nitrogens with one attached hydrogen (secondary N) is 2. The summed E-state index contributed by atoms with van der Waals surface area (Å²) in [6, 6.07) is 5.79. The molecular formula is C18H24Cl2N4O. The summed E-state index contributed by atoms with van der Waals surface area (Å²) < 4.78 is 0. The van der Waals surface area contributed by atoms with Crippen molar-refractivity contribution in [3.63, 3.8) is 0 Å². The number of carbonyl (C=O) groups excluding carboxylic acids is 1. The lowest BCUT2D eigenvalue weighted by Crippen LogP contribution is -2.55. The van der Waals surface area contributed by atoms with Crippen molar-refractivity contribution in [1.29, 1.82) is 0 Å². The molecule has 1 aromatic rings. The average Bonchev–Trinajstić information content (AvgIpc) is 3.19. The van der Waals surface area contributed by atoms with Crippen LogP contribution in [-0.2, 0) is 11.3 Å². The van der Waals surface area contributed by atoms with Gasteiger partial charge in [0.05, 0.1) is 15.5 Å². The Kier molecular flexibility index (Phi) is 4.95. The standard InChI is InChI=1S/C18H24Cl2N4O/c19-15-2-1-13(7-16(15)20)10-23-3-5-24(6-4-23)17(25)18-11-21-8-14(18)9-22-12-18/h1-2,7,14,21-22H,3-6,8-12H2. The fourth-order valence-electron chi connectivity index (χ4n) is 4.40. The van der Waals surface area contributed by atoms with E-state index in [-0.39, 0.29) is 5.41 Å². The average molecular weight is 383 g/mol. The molecular weight excluding hydrogens is 359 g/mol. The topological polar surface area (TPSA) is 47.6 Å². The number of benzene rings is 1. The Balaban J connectivity index is 1.35. The van der Waals surface area contributed by atoms with E-state index in [1.807, 2.05) is 18.2 Å². The molecule has 1 aromatic carbocycles. The first-order chi connectivity index (χ1) is 12.1. The molecule has 0 aromatic heterocycles. The van der Waals surface area contributed by atoms with Gasteiger partial charge in [-0.05, 0) is 17.7 Å². The third-order valence-corrected chi connectivity index (χ3v) is 6.66. The van der Waals surface area contributed by atoms with Gasteiger partial charge in [0.1, 0.15) is 0 Å². The number of hydrogen-bond donors (Lipinski definition) is 2. The molecule has 0 atom stereocenters. The predicted molar refractivity (Wildman–Crippen MR) is 100.0 cm³/mol. The van der Waals surface area contributed by atoms with Crippen molar-refractivity contribution in [1.82, 2.24) is 20.4 Å². The molecule has 3 aliphatic heterocycles. The Bertz CT molecular complexity index is 650. The van der Waals surface area contributed by atoms with Crippen molar-refractivity contribution in [2.75, 3.05) is 52.4 Å². The maximum atomic E-state index is 13.1. The van der Waals surface area contributed by atoms with Crippen LogP contribution in [0.5, 0.6) is 0 Å². The van der Waals surface area contributed by atoms with Gasteiger partial charge < -0.3 is 15.5 Å². The van der Waals surface area contributed by atoms with E-state index in [1.54, 1.807) is 0 Å². The van der Waals surface area contributed by atoms with Gasteiger partial charge in [0.2, 0.25) is 5.91 Å². The van der Waals surface area contributed by atoms with Crippen molar-refractivity contribution < 1.29 is 4.79 Å². The summed E-state index contributed by atoms with van der Waals surface area (Å²) >= 11 is 12.1. The first kappa shape index (κ1) is 17.6. The molecule has 1 amide bonds. The molecule has 3 fully saturated rings. The Morgan fingerprint density at radius 3 is 2.40 bits per heavy atom. The summed E-state index contributed by atoms with van der Waals surface area (Å²) in [7, 11) is 0. The van der Waals surface area contributed by atoms with Gasteiger partial charge in [0.15, 0.2) is 0 Å². The van der Waals surface area contributed by atoms with Gasteiger partial charge in [-0.3, -0.25) is 9.69 Å². The first-order valence-corrected chi connectivity index (χ1v) is 9.71. The first-order valence-electron chi connectivity index (χ1n) is 8.95. The number of amides is 1. The highest BCUT2D eigenvalue weighted by atomic mass is 35.5. The van der Waals surface area contributed by atoms with Crippen LogP contribution in [0.2, 0.25) is 10.0 Å². The summed E-state index contributed by atoms with van der Waals surface area (Å²) in [5.74, 6) is 0.774. The van der Waals surface area contributed by atoms with E-state index in [2.05, 4.69) is 20.4 Å². The molecule has 5 nitrogen and oxygen atoms in total. The molecule has 0 radical (unpaired) electrons. The minimum atomic E-state index is -0.216. The van der Waals surface area contributed by atoms with Gasteiger partial charge in [0.25, 0.3) is 0 Å². The van der Waals surface area contributed by atoms with Crippen LogP contribution < -0.4 is 10.6 Å². The number of nitrogens with zero attached hydrogens (tertiary/aromatic N) is 2. The fourth-order valence-corrected chi connectivity index (χ4v) is 4.72. The summed E-state index contributed by atoms with van der Waals surface area (Å²) in [5.41, 5.74) is 0.944. The highest BCUT2D eigenvalue weighted by molar-refractivity contribution is 6.42. The molecule has 3 saturated heterocycles. The summed E-state index contributed by atoms with van der Waals surface area (Å²) in [5, 5.41) is 8.02. The molecule has 3 heterocycles. The van der Waals surface area contributed by atoms with Crippen LogP contribution in [0.15, 0.2) is 18.2 Å². The van der Waals surface area contributed by atoms with E-state index in [0.717, 1.165) is 64.5 Å². The lowest BCUT2D eigenvalue weighted by atomic mass is 9.79. The van der Waals surface area contributed by atoms with Gasteiger partial charge in [-0.2, -0.15) is 0 Å². The third kappa shape index (κ3) is 3.28. The van der Waals surface area contributed by atoms with Crippen LogP contribution in [-0.4, -0.2) is 68.1 Å². The van der Waals surface area contributed by atoms with Crippen molar-refractivity contribution in [3.8, 4) is 0 Å². The normalized spacial score (nSPS) is 29.8. The van der Waals surface area contributed by atoms with Crippen LogP contribution in [0.3, 0.4) is 0 Å². The molecule has 136 valence electrons. The fraction of sp³-hybridized carbons (Fsp3) is 0.611. The van der Waals surface area contributed by atoms with Gasteiger partial charge in [0, 0.05) is 64.8 Å². The minimum absolute atomic E-state index is 0.216. The zero-order valence-corrected chi connectivity index (χ0v) is 15.7. The van der Waals surface area contributed by atoms with E-state index >= 15 is 0 Å². The number of carbonyl (C=O) groups is 1. The number of halogens is 2. The maximum absolute atomic E-state index is 13.1. The Hall–Kier alpha value is -0.850. The van der Waals surface area contributed by atoms with Gasteiger partial charge >= 0.3 is 0 Å². The zero-order valence-electron chi connectivity index (χ0n) is 14.2. The van der Waals surface area contributed by atoms with Crippen molar-refractivity contribution in [3.05, 3.63) is 33.8 Å². The molecule has 0 bridgehead atoms. The molecule has 0 spiro atoms. The SMILES string of the molecule is O=C(N1CCN(Cc2ccc(Cl)c(Cl)c2)CC1)C12CNCC1CNC2. The highest BCUT2D eigenvalue weighted by Crippen LogP contribution is 2.37. The summed E-state index contributed by atoms with van der Waals surface area (Å²) in [6.07, 6.45) is 0. The van der Waals surface area contributed by atoms with Crippen LogP contribution in [0.4, 0.5) is 0 Å². The molecule has 4 rings (SSSR count). The van der Waals surface area contributed by atoms with Crippen molar-refractivity contribution >= 4 is 29.1 Å². The quantitative estimate of drug-likeness (QED) is 0.830. The minimum Gasteiger partial charge on any atom is -0.340 e. The second-order valence-electron chi connectivity index (χ2n) is 7.43.